The van der Waals surface area contributed by atoms with Gasteiger partial charge in [-0.2, -0.15) is 0 Å². The van der Waals surface area contributed by atoms with Crippen LogP contribution in [-0.2, 0) is 18.6 Å². The third-order valence-corrected chi connectivity index (χ3v) is 844. The van der Waals surface area contributed by atoms with Gasteiger partial charge in [-0.1, -0.05) is 0 Å². The van der Waals surface area contributed by atoms with Crippen LogP contribution < -0.4 is 0 Å². The Morgan fingerprint density at radius 2 is 0.161 bits per heavy atom. The zero-order valence-electron chi connectivity index (χ0n) is 60.5. The quantitative estimate of drug-likeness (QED) is 0.0533. The van der Waals surface area contributed by atoms with Crippen molar-refractivity contribution in [3.05, 3.63) is 0 Å². The number of rotatable bonds is 57. The molecule has 0 saturated heterocycles. The van der Waals surface area contributed by atoms with Crippen LogP contribution in [0.3, 0.4) is 0 Å². The number of hydrogen-bond acceptors (Lipinski definition) is 0. The van der Waals surface area contributed by atoms with E-state index in [1.807, 2.05) is 0 Å². The van der Waals surface area contributed by atoms with E-state index in [2.05, 4.69) is 527 Å². The second-order valence-electron chi connectivity index (χ2n) is 18.7. The Morgan fingerprint density at radius 1 is 0.0847 bits per heavy atom. The van der Waals surface area contributed by atoms with Crippen LogP contribution in [0.4, 0.5) is 0 Å². The molecule has 0 fully saturated rings. The fourth-order valence-electron chi connectivity index (χ4n) is 7.15. The van der Waals surface area contributed by atoms with E-state index >= 15 is 0 Å². The molecule has 709 valence electrons. The van der Waals surface area contributed by atoms with Crippen LogP contribution in [-0.4, -0.2) is 0 Å². The summed E-state index contributed by atoms with van der Waals surface area (Å²) >= 11 is 0. The van der Waals surface area contributed by atoms with Crippen LogP contribution in [0.25, 0.3) is 0 Å². The third-order valence-electron chi connectivity index (χ3n) is 10.4. The summed E-state index contributed by atoms with van der Waals surface area (Å²) < 4.78 is 0. The normalized spacial score (nSPS) is 15.7. The molecule has 0 amide bonds. The van der Waals surface area contributed by atoms with Crippen molar-refractivity contribution in [3.8, 4) is 0 Å². The first kappa shape index (κ1) is 171. The standard InChI is InChI=1S/H119P117.V/c1-61(2)90(59)107(93(62(3)4)63(5)6)108(94(64(7)8)65(9)10)91(109(112(95(66(11)12)67(13)14)96(68(15)16)69(17)18)113(97(70(19)20)71(21)22)98(72(23)24)73(25)26)60-92(110(114(99(74(27)28)75(29)30)100(76(31)32)77(33)34)115(101(78(35)36)79(37)38)102(80(39)40)81(41)42)111(116(103(82(43)44)83(45)46)104(84(47)48)85(49)50)117(105(86(51)52)87(53)54)106(88(55)56)89(57)58;/h60H,1-59H2;. The van der Waals surface area contributed by atoms with E-state index in [0.29, 0.717) is 0 Å². The molecule has 0 aliphatic rings. The molecule has 0 rings (SSSR count). The molecule has 0 N–H and O–H groups in total. The van der Waals surface area contributed by atoms with Gasteiger partial charge in [-0.3, -0.25) is 0 Å². The fraction of sp³-hybridized carbons (Fsp3) is 0. The molecular formula is H119P117V. The molecule has 0 heterocycles. The van der Waals surface area contributed by atoms with Crippen molar-refractivity contribution >= 4 is 933 Å². The first-order chi connectivity index (χ1) is 53.2. The van der Waals surface area contributed by atoms with E-state index in [0.717, 1.165) is 7.96 Å². The van der Waals surface area contributed by atoms with E-state index < -0.39 is 398 Å². The van der Waals surface area contributed by atoms with Crippen LogP contribution in [0.1, 0.15) is 0 Å². The Labute approximate surface area is 935 Å². The summed E-state index contributed by atoms with van der Waals surface area (Å²) in [6.45, 7) is -27.3. The monoisotopic (exact) mass is 3790 g/mol. The average molecular weight is 3790 g/mol. The Bertz CT molecular complexity index is 2050. The van der Waals surface area contributed by atoms with Gasteiger partial charge in [0, 0.05) is 18.6 Å². The van der Waals surface area contributed by atoms with E-state index in [4.69, 9.17) is 0 Å². The molecule has 0 saturated carbocycles. The van der Waals surface area contributed by atoms with Crippen LogP contribution in [0.2, 0.25) is 0 Å². The van der Waals surface area contributed by atoms with Crippen molar-refractivity contribution in [3.63, 3.8) is 0 Å². The van der Waals surface area contributed by atoms with Gasteiger partial charge < -0.3 is 0 Å². The summed E-state index contributed by atoms with van der Waals surface area (Å²) in [5.74, 6) is 0. The third kappa shape index (κ3) is 60.8. The predicted molar refractivity (Wildman–Crippen MR) is 976 cm³/mol. The molecule has 64 unspecified atom stereocenters. The van der Waals surface area contributed by atoms with Crippen molar-refractivity contribution < 1.29 is 18.6 Å². The molecule has 0 nitrogen and oxygen atoms in total. The Hall–Kier alpha value is 50.9. The van der Waals surface area contributed by atoms with Crippen molar-refractivity contribution in [1.29, 1.82) is 0 Å². The molecule has 64 atom stereocenters. The summed E-state index contributed by atoms with van der Waals surface area (Å²) in [6.07, 6.45) is 0. The van der Waals surface area contributed by atoms with Gasteiger partial charge in [-0.15, -0.1) is 527 Å². The maximum absolute atomic E-state index is 4.07. The molecule has 0 aromatic rings. The van der Waals surface area contributed by atoms with Gasteiger partial charge in [0.2, 0.25) is 0 Å². The topological polar surface area (TPSA) is 0 Å². The maximum atomic E-state index is 4.07. The number of hydrogen-bond donors (Lipinski definition) is 0. The molecule has 0 aliphatic heterocycles. The van der Waals surface area contributed by atoms with Crippen LogP contribution in [0.15, 0.2) is 0 Å². The minimum atomic E-state index is -0.685. The average Bonchev–Trinajstić information content (AvgIpc) is 0.720. The van der Waals surface area contributed by atoms with Gasteiger partial charge in [0.25, 0.3) is 0 Å². The summed E-state index contributed by atoms with van der Waals surface area (Å²) in [5.41, 5.74) is 0. The Morgan fingerprint density at radius 3 is 0.246 bits per heavy atom. The van der Waals surface area contributed by atoms with Gasteiger partial charge >= 0.3 is 0 Å². The minimum Gasteiger partial charge on any atom is -0.102 e. The summed E-state index contributed by atoms with van der Waals surface area (Å²) in [4.78, 5) is 0. The predicted octanol–water partition coefficient (Wildman–Crippen LogP) is 68.9. The second-order valence-corrected chi connectivity index (χ2v) is 506. The molecule has 0 aromatic carbocycles. The largest absolute Gasteiger partial charge is 0.102 e. The van der Waals surface area contributed by atoms with Gasteiger partial charge in [0.1, 0.15) is 0 Å². The molecule has 118 heteroatoms. The van der Waals surface area contributed by atoms with E-state index in [1.165, 1.54) is 0 Å². The van der Waals surface area contributed by atoms with Crippen LogP contribution in [0, 0.1) is 0 Å². The minimum absolute atomic E-state index is 0. The van der Waals surface area contributed by atoms with E-state index in [1.54, 1.807) is 0 Å². The smallest absolute Gasteiger partial charge is 0 e. The Balaban J connectivity index is 0. The van der Waals surface area contributed by atoms with Crippen molar-refractivity contribution in [2.45, 2.75) is 0 Å². The molecule has 0 aromatic heterocycles. The second kappa shape index (κ2) is 94.1. The van der Waals surface area contributed by atoms with Gasteiger partial charge in [-0.25, -0.2) is 0 Å². The van der Waals surface area contributed by atoms with Crippen LogP contribution >= 0.6 is 933 Å². The van der Waals surface area contributed by atoms with Crippen molar-refractivity contribution in [2.24, 2.45) is 0 Å². The molecule has 1 radical (unpaired) electrons. The zero-order chi connectivity index (χ0) is 92.6. The summed E-state index contributed by atoms with van der Waals surface area (Å²) in [6, 6.07) is 0. The molecule has 118 heavy (non-hydrogen) atoms. The SMILES string of the molecule is PP(P)P(P)P(P(P(P)P)P(P)P)P(P(PP(P(P(P(P(P)P)P(P)P)P(P(P)P)P(P)P)P(P(P(P)P)P(P)P)P(P(P)P)P(P)P)P(P(P(P(P)P)P(P)P)P(P(P)P)P(P)P)P(P(P(P)P)P(P)P)P(P(P)P)P(P)P)P(P(P(P(P)P)P(P)P)P(P(P)P)P(P)P)P(P(P(P)P)P(P)P)P(P(P)P)P(P)P)P(P(P)P)P(P)P.[V]. The summed E-state index contributed by atoms with van der Waals surface area (Å²) in [7, 11) is 228. The fourth-order valence-corrected chi connectivity index (χ4v) is 1740. The Kier molecular flexibility index (Phi) is 136. The molecule has 0 spiro atoms. The van der Waals surface area contributed by atoms with Crippen molar-refractivity contribution in [2.75, 3.05) is 0 Å². The van der Waals surface area contributed by atoms with Gasteiger partial charge in [-0.05, 0) is 406 Å². The van der Waals surface area contributed by atoms with Crippen molar-refractivity contribution in [1.82, 2.24) is 0 Å². The zero-order valence-corrected chi connectivity index (χ0v) is 182. The van der Waals surface area contributed by atoms with Gasteiger partial charge in [0.05, 0.1) is 0 Å². The van der Waals surface area contributed by atoms with Crippen LogP contribution in [0.5, 0.6) is 0 Å². The first-order valence-corrected chi connectivity index (χ1v) is 240. The first-order valence-electron chi connectivity index (χ1n) is 26.7. The molecule has 0 bridgehead atoms. The van der Waals surface area contributed by atoms with Gasteiger partial charge in [0.15, 0.2) is 0 Å². The maximum Gasteiger partial charge on any atom is 0 e. The van der Waals surface area contributed by atoms with E-state index in [-0.39, 0.29) is 18.6 Å². The molecule has 0 aliphatic carbocycles. The van der Waals surface area contributed by atoms with E-state index in [9.17, 15) is 0 Å². The molecular weight excluding hydrogens is 3670 g/mol. The summed E-state index contributed by atoms with van der Waals surface area (Å²) in [5, 5.41) is 0.